The Kier molecular flexibility index (Phi) is 48.8. The van der Waals surface area contributed by atoms with Crippen molar-refractivity contribution in [2.45, 2.75) is 276 Å². The number of aliphatic hydroxyl groups is 2. The van der Waals surface area contributed by atoms with Gasteiger partial charge in [-0.2, -0.15) is 0 Å². The van der Waals surface area contributed by atoms with Crippen molar-refractivity contribution in [1.82, 2.24) is 5.32 Å². The summed E-state index contributed by atoms with van der Waals surface area (Å²) in [5, 5.41) is 22.9. The largest absolute Gasteiger partial charge is 0.394 e. The zero-order valence-corrected chi connectivity index (χ0v) is 39.5. The smallest absolute Gasteiger partial charge is 0.220 e. The third-order valence-electron chi connectivity index (χ3n) is 11.7. The predicted octanol–water partition coefficient (Wildman–Crippen LogP) is 16.9. The Morgan fingerprint density at radius 1 is 0.424 bits per heavy atom. The van der Waals surface area contributed by atoms with Crippen LogP contribution in [0.5, 0.6) is 0 Å². The fraction of sp³-hybridized carbons (Fsp3) is 0.800. The molecule has 0 radical (unpaired) electrons. The molecule has 0 rings (SSSR count). The number of hydrogen-bond acceptors (Lipinski definition) is 3. The summed E-state index contributed by atoms with van der Waals surface area (Å²) in [6, 6.07) is -0.643. The molecule has 1 amide bonds. The van der Waals surface area contributed by atoms with E-state index in [2.05, 4.69) is 67.8 Å². The van der Waals surface area contributed by atoms with E-state index >= 15 is 0 Å². The summed E-state index contributed by atoms with van der Waals surface area (Å²) in [4.78, 5) is 12.4. The monoisotopic (exact) mass is 824 g/mol. The van der Waals surface area contributed by atoms with Crippen LogP contribution < -0.4 is 5.32 Å². The first-order chi connectivity index (χ1) is 29.2. The van der Waals surface area contributed by atoms with Gasteiger partial charge in [0.25, 0.3) is 0 Å². The summed E-state index contributed by atoms with van der Waals surface area (Å²) in [7, 11) is 0. The summed E-state index contributed by atoms with van der Waals surface area (Å²) < 4.78 is 0. The van der Waals surface area contributed by atoms with Gasteiger partial charge in [0.05, 0.1) is 18.8 Å². The van der Waals surface area contributed by atoms with Crippen LogP contribution in [0.15, 0.2) is 60.8 Å². The van der Waals surface area contributed by atoms with Gasteiger partial charge in [-0.3, -0.25) is 4.79 Å². The second-order valence-corrected chi connectivity index (χ2v) is 17.5. The van der Waals surface area contributed by atoms with Gasteiger partial charge in [-0.15, -0.1) is 0 Å². The normalized spacial score (nSPS) is 13.4. The Hall–Kier alpha value is -1.91. The second kappa shape index (κ2) is 50.4. The van der Waals surface area contributed by atoms with Crippen molar-refractivity contribution in [3.8, 4) is 0 Å². The number of aliphatic hydroxyl groups excluding tert-OH is 2. The molecule has 0 aromatic rings. The maximum Gasteiger partial charge on any atom is 0.220 e. The third-order valence-corrected chi connectivity index (χ3v) is 11.7. The van der Waals surface area contributed by atoms with Crippen LogP contribution in [-0.4, -0.2) is 34.9 Å². The van der Waals surface area contributed by atoms with Crippen LogP contribution in [0, 0.1) is 0 Å². The van der Waals surface area contributed by atoms with Crippen molar-refractivity contribution in [1.29, 1.82) is 0 Å². The van der Waals surface area contributed by atoms with Crippen molar-refractivity contribution < 1.29 is 15.0 Å². The molecule has 0 aliphatic carbocycles. The van der Waals surface area contributed by atoms with Gasteiger partial charge in [0.2, 0.25) is 5.91 Å². The van der Waals surface area contributed by atoms with Crippen LogP contribution in [0.1, 0.15) is 264 Å². The highest BCUT2D eigenvalue weighted by molar-refractivity contribution is 5.76. The molecule has 344 valence electrons. The van der Waals surface area contributed by atoms with Crippen molar-refractivity contribution in [3.63, 3.8) is 0 Å². The molecular weight excluding hydrogens is 723 g/mol. The molecule has 3 N–H and O–H groups in total. The zero-order valence-electron chi connectivity index (χ0n) is 39.5. The molecule has 4 heteroatoms. The number of allylic oxidation sites excluding steroid dienone is 9. The molecule has 0 saturated carbocycles. The summed E-state index contributed by atoms with van der Waals surface area (Å²) in [6.07, 6.45) is 71.1. The van der Waals surface area contributed by atoms with E-state index in [1.807, 2.05) is 6.08 Å². The standard InChI is InChI=1S/C55H101NO3/c1-3-5-7-9-11-13-15-16-17-18-19-20-21-22-23-24-25-26-27-28-29-30-31-32-33-34-35-36-37-38-39-40-41-43-45-47-49-51-55(59)56-53(52-57)54(58)50-48-46-44-42-14-12-10-8-6-4-2/h6,8,14-16,18-19,42,48,50,53-54,57-58H,3-5,7,9-13,17,20-41,43-47,49,51-52H2,1-2H3,(H,56,59)/b8-6+,16-15-,19-18-,42-14+,50-48+. The molecule has 0 spiro atoms. The minimum atomic E-state index is -0.868. The van der Waals surface area contributed by atoms with E-state index in [1.54, 1.807) is 6.08 Å². The molecular formula is C55H101NO3. The van der Waals surface area contributed by atoms with Gasteiger partial charge in [-0.1, -0.05) is 248 Å². The second-order valence-electron chi connectivity index (χ2n) is 17.5. The molecule has 0 fully saturated rings. The van der Waals surface area contributed by atoms with Crippen LogP contribution in [0.25, 0.3) is 0 Å². The lowest BCUT2D eigenvalue weighted by molar-refractivity contribution is -0.123. The Balaban J connectivity index is 3.39. The molecule has 0 aromatic heterocycles. The van der Waals surface area contributed by atoms with E-state index in [-0.39, 0.29) is 12.5 Å². The van der Waals surface area contributed by atoms with Crippen molar-refractivity contribution >= 4 is 5.91 Å². The highest BCUT2D eigenvalue weighted by Crippen LogP contribution is 2.17. The highest BCUT2D eigenvalue weighted by atomic mass is 16.3. The van der Waals surface area contributed by atoms with Crippen molar-refractivity contribution in [3.05, 3.63) is 60.8 Å². The van der Waals surface area contributed by atoms with Crippen LogP contribution >= 0.6 is 0 Å². The van der Waals surface area contributed by atoms with E-state index in [4.69, 9.17) is 0 Å². The lowest BCUT2D eigenvalue weighted by Gasteiger charge is -2.19. The van der Waals surface area contributed by atoms with Crippen molar-refractivity contribution in [2.75, 3.05) is 6.61 Å². The topological polar surface area (TPSA) is 69.6 Å². The molecule has 0 bridgehead atoms. The molecule has 0 aliphatic heterocycles. The molecule has 0 heterocycles. The summed E-state index contributed by atoms with van der Waals surface area (Å²) in [5.41, 5.74) is 0. The maximum absolute atomic E-state index is 12.4. The number of nitrogens with one attached hydrogen (secondary N) is 1. The molecule has 0 aromatic carbocycles. The molecule has 59 heavy (non-hydrogen) atoms. The molecule has 0 aliphatic rings. The first-order valence-corrected chi connectivity index (χ1v) is 26.0. The SMILES string of the molecule is CC/C=C/CC/C=C/CC/C=C/C(O)C(CO)NC(=O)CCCCCCCCCCCCCCCCCCCCCCCCCCC/C=C\C/C=C\CCCCCCC. The van der Waals surface area contributed by atoms with E-state index in [1.165, 1.54) is 193 Å². The average molecular weight is 824 g/mol. The van der Waals surface area contributed by atoms with Gasteiger partial charge in [0.1, 0.15) is 0 Å². The minimum absolute atomic E-state index is 0.0782. The quantitative estimate of drug-likeness (QED) is 0.0423. The third kappa shape index (κ3) is 47.0. The highest BCUT2D eigenvalue weighted by Gasteiger charge is 2.17. The maximum atomic E-state index is 12.4. The Morgan fingerprint density at radius 3 is 1.15 bits per heavy atom. The van der Waals surface area contributed by atoms with Crippen molar-refractivity contribution in [2.24, 2.45) is 0 Å². The Bertz CT molecular complexity index is 981. The number of hydrogen-bond donors (Lipinski definition) is 3. The minimum Gasteiger partial charge on any atom is -0.394 e. The first kappa shape index (κ1) is 57.1. The molecule has 2 atom stereocenters. The number of unbranched alkanes of at least 4 members (excludes halogenated alkanes) is 32. The van der Waals surface area contributed by atoms with E-state index in [0.717, 1.165) is 51.4 Å². The van der Waals surface area contributed by atoms with Gasteiger partial charge in [0, 0.05) is 6.42 Å². The lowest BCUT2D eigenvalue weighted by atomic mass is 10.0. The number of rotatable bonds is 47. The van der Waals surface area contributed by atoms with E-state index < -0.39 is 12.1 Å². The van der Waals surface area contributed by atoms with E-state index in [9.17, 15) is 15.0 Å². The van der Waals surface area contributed by atoms with Gasteiger partial charge in [-0.25, -0.2) is 0 Å². The fourth-order valence-electron chi connectivity index (χ4n) is 7.78. The lowest BCUT2D eigenvalue weighted by Crippen LogP contribution is -2.45. The molecule has 0 saturated heterocycles. The number of amides is 1. The van der Waals surface area contributed by atoms with Crippen LogP contribution in [-0.2, 0) is 4.79 Å². The zero-order chi connectivity index (χ0) is 42.8. The Morgan fingerprint density at radius 2 is 0.763 bits per heavy atom. The number of carbonyl (C=O) groups is 1. The summed E-state index contributed by atoms with van der Waals surface area (Å²) >= 11 is 0. The fourth-order valence-corrected chi connectivity index (χ4v) is 7.78. The van der Waals surface area contributed by atoms with Crippen LogP contribution in [0.3, 0.4) is 0 Å². The average Bonchev–Trinajstić information content (AvgIpc) is 3.24. The van der Waals surface area contributed by atoms with E-state index in [0.29, 0.717) is 6.42 Å². The first-order valence-electron chi connectivity index (χ1n) is 26.0. The molecule has 4 nitrogen and oxygen atoms in total. The van der Waals surface area contributed by atoms with Gasteiger partial charge < -0.3 is 15.5 Å². The molecule has 2 unspecified atom stereocenters. The van der Waals surface area contributed by atoms with Gasteiger partial charge in [0.15, 0.2) is 0 Å². The Labute approximate surface area is 368 Å². The number of carbonyl (C=O) groups excluding carboxylic acids is 1. The van der Waals surface area contributed by atoms with Gasteiger partial charge in [-0.05, 0) is 70.6 Å². The summed E-state index contributed by atoms with van der Waals surface area (Å²) in [6.45, 7) is 4.17. The predicted molar refractivity (Wildman–Crippen MR) is 262 cm³/mol. The van der Waals surface area contributed by atoms with Crippen LogP contribution in [0.2, 0.25) is 0 Å². The summed E-state index contributed by atoms with van der Waals surface area (Å²) in [5.74, 6) is -0.0782. The van der Waals surface area contributed by atoms with Crippen LogP contribution in [0.4, 0.5) is 0 Å². The van der Waals surface area contributed by atoms with Gasteiger partial charge >= 0.3 is 0 Å².